The molecule has 5 nitrogen and oxygen atoms in total. The first-order chi connectivity index (χ1) is 0. The predicted molar refractivity (Wildman–Crippen MR) is 257 cm³/mol. The average molecular weight is 1270 g/mol. The minimum absolute atomic E-state index is 0. The van der Waals surface area contributed by atoms with E-state index >= 15 is 0 Å². The van der Waals surface area contributed by atoms with Crippen LogP contribution in [0.25, 0.3) is 0 Å². The van der Waals surface area contributed by atoms with Crippen molar-refractivity contribution in [2.45, 2.75) is 0 Å². The van der Waals surface area contributed by atoms with Crippen LogP contribution >= 0.6 is 0 Å². The second-order valence-corrected chi connectivity index (χ2v) is 0. The van der Waals surface area contributed by atoms with Gasteiger partial charge in [0.25, 0.3) is 0 Å². The Morgan fingerprint density at radius 1 is 0.0606 bits per heavy atom. The van der Waals surface area contributed by atoms with Gasteiger partial charge in [-0.3, -0.25) is 0 Å². The standard InChI is InChI=1S/28Ca.5H2O.56H/h;;;;;;;;;;;;;;;;;;;;;;;;;;;;5*1H2;;;;;;;;;;;;;;;;;;;;;;;;;;;;;;;;;;;;;;;;;;;;;;;;;;;;;;;;. The summed E-state index contributed by atoms with van der Waals surface area (Å²) < 4.78 is 0. The van der Waals surface area contributed by atoms with Crippen LogP contribution in [0.3, 0.4) is 0 Å². The molecule has 33 heteroatoms. The Labute approximate surface area is 1040 Å². The third-order valence-corrected chi connectivity index (χ3v) is 0. The normalized spacial score (nSPS) is 0. The first-order valence-corrected chi connectivity index (χ1v) is 0. The molecule has 0 spiro atoms. The van der Waals surface area contributed by atoms with E-state index in [2.05, 4.69) is 0 Å². The maximum atomic E-state index is 0. The molecule has 0 aliphatic heterocycles. The van der Waals surface area contributed by atoms with Crippen molar-refractivity contribution >= 4 is 1060 Å². The van der Waals surface area contributed by atoms with Crippen LogP contribution in [0.1, 0.15) is 0 Å². The molecule has 0 fully saturated rings. The van der Waals surface area contributed by atoms with Gasteiger partial charge < -0.3 is 27.4 Å². The molecule has 0 radical (unpaired) electrons. The van der Waals surface area contributed by atoms with Gasteiger partial charge in [0, 0.05) is 0 Å². The van der Waals surface area contributed by atoms with E-state index in [1.165, 1.54) is 0 Å². The third kappa shape index (κ3) is 231. The molecule has 0 unspecified atom stereocenters. The van der Waals surface area contributed by atoms with Crippen LogP contribution in [0.4, 0.5) is 0 Å². The molecular weight excluding hydrogens is 1200 g/mol. The summed E-state index contributed by atoms with van der Waals surface area (Å²) in [6.07, 6.45) is 0. The fraction of sp³-hybridized carbons (Fsp3) is 0. The first-order valence-electron chi connectivity index (χ1n) is 0. The molecule has 33 heavy (non-hydrogen) atoms. The van der Waals surface area contributed by atoms with Crippen LogP contribution in [0, 0.1) is 0 Å². The molecule has 0 aliphatic rings. The van der Waals surface area contributed by atoms with E-state index in [0.29, 0.717) is 0 Å². The molecule has 0 saturated carbocycles. The van der Waals surface area contributed by atoms with Crippen LogP contribution in [0.15, 0.2) is 0 Å². The molecule has 0 saturated heterocycles. The van der Waals surface area contributed by atoms with E-state index in [-0.39, 0.29) is 1080 Å². The monoisotopic (exact) mass is 1270 g/mol. The zero-order chi connectivity index (χ0) is 0. The zero-order valence-corrected chi connectivity index (χ0v) is 2.50. The van der Waals surface area contributed by atoms with Gasteiger partial charge >= 0.3 is 1060 Å². The van der Waals surface area contributed by atoms with Crippen molar-refractivity contribution in [3.05, 3.63) is 0 Å². The molecule has 0 aromatic rings. The summed E-state index contributed by atoms with van der Waals surface area (Å²) in [7, 11) is 0. The average Bonchev–Trinajstić information content (AvgIpc) is 0. The molecule has 10 N–H and O–H groups in total. The second kappa shape index (κ2) is 238. The van der Waals surface area contributed by atoms with Crippen molar-refractivity contribution < 1.29 is 27.4 Å². The molecular formula is H66Ca28O5. The van der Waals surface area contributed by atoms with Gasteiger partial charge in [0.05, 0.1) is 0 Å². The van der Waals surface area contributed by atoms with Gasteiger partial charge in [-0.05, 0) is 0 Å². The maximum absolute atomic E-state index is 0. The molecule has 0 heterocycles. The van der Waals surface area contributed by atoms with Crippen LogP contribution in [0.5, 0.6) is 0 Å². The van der Waals surface area contributed by atoms with E-state index in [9.17, 15) is 0 Å². The Balaban J connectivity index is 0. The van der Waals surface area contributed by atoms with Crippen molar-refractivity contribution in [2.75, 3.05) is 0 Å². The van der Waals surface area contributed by atoms with Crippen molar-refractivity contribution in [2.24, 2.45) is 0 Å². The Morgan fingerprint density at radius 2 is 0.0606 bits per heavy atom. The van der Waals surface area contributed by atoms with Gasteiger partial charge in [0.2, 0.25) is 0 Å². The number of hydrogen-bond acceptors (Lipinski definition) is 0. The van der Waals surface area contributed by atoms with Gasteiger partial charge in [-0.1, -0.05) is 0 Å². The van der Waals surface area contributed by atoms with Gasteiger partial charge in [-0.25, -0.2) is 0 Å². The topological polar surface area (TPSA) is 158 Å². The van der Waals surface area contributed by atoms with Gasteiger partial charge in [0.15, 0.2) is 0 Å². The molecule has 0 aromatic heterocycles. The Hall–Kier alpha value is 35.1. The molecule has 0 aromatic carbocycles. The molecule has 0 amide bonds. The summed E-state index contributed by atoms with van der Waals surface area (Å²) in [4.78, 5) is 0. The van der Waals surface area contributed by atoms with E-state index < -0.39 is 0 Å². The Bertz CT molecular complexity index is 20.2. The Morgan fingerprint density at radius 3 is 0.0606 bits per heavy atom. The number of hydrogen-bond donors (Lipinski definition) is 0. The quantitative estimate of drug-likeness (QED) is 0.212. The molecule has 0 aliphatic carbocycles. The first kappa shape index (κ1) is 249. The summed E-state index contributed by atoms with van der Waals surface area (Å²) in [5.41, 5.74) is 0. The Kier molecular flexibility index (Phi) is 1800. The predicted octanol–water partition coefficient (Wildman–Crippen LogP) is -29.8. The SMILES string of the molecule is O.O.O.O.O.[CaH2].[CaH2].[CaH2].[CaH2].[CaH2].[CaH2].[CaH2].[CaH2].[CaH2].[CaH2].[CaH2].[CaH2].[CaH2].[CaH2].[CaH2].[CaH2].[CaH2].[CaH2].[CaH2].[CaH2].[CaH2].[CaH2].[CaH2].[CaH2].[CaH2].[CaH2].[CaH2].[CaH2]. The third-order valence-electron chi connectivity index (χ3n) is 0. The minimum atomic E-state index is 0. The van der Waals surface area contributed by atoms with Crippen molar-refractivity contribution in [1.29, 1.82) is 0 Å². The summed E-state index contributed by atoms with van der Waals surface area (Å²) >= 11 is 0. The summed E-state index contributed by atoms with van der Waals surface area (Å²) in [6.45, 7) is 0. The van der Waals surface area contributed by atoms with Crippen LogP contribution in [-0.4, -0.2) is 1080 Å². The van der Waals surface area contributed by atoms with E-state index in [1.54, 1.807) is 0 Å². The van der Waals surface area contributed by atoms with Gasteiger partial charge in [-0.15, -0.1) is 0 Å². The van der Waals surface area contributed by atoms with Crippen LogP contribution in [0.2, 0.25) is 0 Å². The molecule has 0 atom stereocenters. The second-order valence-electron chi connectivity index (χ2n) is 0. The number of rotatable bonds is 0. The fourth-order valence-corrected chi connectivity index (χ4v) is 0. The van der Waals surface area contributed by atoms with E-state index in [0.717, 1.165) is 0 Å². The van der Waals surface area contributed by atoms with Crippen molar-refractivity contribution in [1.82, 2.24) is 0 Å². The van der Waals surface area contributed by atoms with Crippen LogP contribution < -0.4 is 0 Å². The van der Waals surface area contributed by atoms with Crippen molar-refractivity contribution in [3.63, 3.8) is 0 Å². The summed E-state index contributed by atoms with van der Waals surface area (Å²) in [6, 6.07) is 0. The fourth-order valence-electron chi connectivity index (χ4n) is 0. The van der Waals surface area contributed by atoms with Gasteiger partial charge in [0.1, 0.15) is 0 Å². The molecule has 152 valence electrons. The van der Waals surface area contributed by atoms with Crippen LogP contribution in [-0.2, 0) is 0 Å². The van der Waals surface area contributed by atoms with Gasteiger partial charge in [-0.2, -0.15) is 0 Å². The molecule has 0 bridgehead atoms. The van der Waals surface area contributed by atoms with E-state index in [1.807, 2.05) is 0 Å². The van der Waals surface area contributed by atoms with E-state index in [4.69, 9.17) is 0 Å². The zero-order valence-electron chi connectivity index (χ0n) is 2.50. The van der Waals surface area contributed by atoms with Crippen molar-refractivity contribution in [3.8, 4) is 0 Å². The summed E-state index contributed by atoms with van der Waals surface area (Å²) in [5.74, 6) is 0. The summed E-state index contributed by atoms with van der Waals surface area (Å²) in [5, 5.41) is 0. The molecule has 0 rings (SSSR count).